The molecule has 1 aliphatic rings. The first-order valence-electron chi connectivity index (χ1n) is 5.80. The molecule has 0 fully saturated rings. The summed E-state index contributed by atoms with van der Waals surface area (Å²) in [6.07, 6.45) is 0. The average Bonchev–Trinajstić information content (AvgIpc) is 2.91. The summed E-state index contributed by atoms with van der Waals surface area (Å²) < 4.78 is 5.29. The Morgan fingerprint density at radius 2 is 2.32 bits per heavy atom. The lowest BCUT2D eigenvalue weighted by Crippen LogP contribution is -2.25. The normalized spacial score (nSPS) is 13.6. The molecule has 8 nitrogen and oxygen atoms in total. The van der Waals surface area contributed by atoms with Gasteiger partial charge in [0.15, 0.2) is 12.4 Å². The topological polar surface area (TPSA) is 105 Å². The summed E-state index contributed by atoms with van der Waals surface area (Å²) in [5, 5.41) is 19.5. The van der Waals surface area contributed by atoms with Gasteiger partial charge in [-0.05, 0) is 17.7 Å². The molecule has 0 bridgehead atoms. The van der Waals surface area contributed by atoms with Crippen molar-refractivity contribution in [2.45, 2.75) is 13.1 Å². The standard InChI is InChI=1S/C11H12N6O2/c18-11-6-19-9-2-1-7(3-8(9)13-11)4-12-5-10-14-16-17-15-10/h1-3,12H,4-6H2,(H,13,18)(H,14,15,16,17). The average molecular weight is 260 g/mol. The molecule has 1 amide bonds. The molecule has 0 aliphatic carbocycles. The van der Waals surface area contributed by atoms with Crippen LogP contribution in [-0.4, -0.2) is 33.1 Å². The number of carbonyl (C=O) groups is 1. The lowest BCUT2D eigenvalue weighted by molar-refractivity contribution is -0.118. The van der Waals surface area contributed by atoms with Crippen LogP contribution in [0.5, 0.6) is 5.75 Å². The molecule has 19 heavy (non-hydrogen) atoms. The maximum Gasteiger partial charge on any atom is 0.262 e. The molecule has 8 heteroatoms. The Bertz CT molecular complexity index is 583. The van der Waals surface area contributed by atoms with E-state index in [0.717, 1.165) is 5.56 Å². The van der Waals surface area contributed by atoms with Crippen LogP contribution >= 0.6 is 0 Å². The number of benzene rings is 1. The number of rotatable bonds is 4. The van der Waals surface area contributed by atoms with Crippen molar-refractivity contribution in [3.8, 4) is 5.75 Å². The van der Waals surface area contributed by atoms with Gasteiger partial charge in [0.1, 0.15) is 5.75 Å². The quantitative estimate of drug-likeness (QED) is 0.704. The molecule has 0 radical (unpaired) electrons. The first-order valence-corrected chi connectivity index (χ1v) is 5.80. The number of H-pyrrole nitrogens is 1. The lowest BCUT2D eigenvalue weighted by Gasteiger charge is -2.18. The lowest BCUT2D eigenvalue weighted by atomic mass is 10.1. The Morgan fingerprint density at radius 1 is 1.37 bits per heavy atom. The molecule has 3 rings (SSSR count). The molecule has 1 aromatic heterocycles. The molecule has 0 saturated heterocycles. The third kappa shape index (κ3) is 2.68. The van der Waals surface area contributed by atoms with Crippen molar-refractivity contribution in [1.82, 2.24) is 25.9 Å². The van der Waals surface area contributed by atoms with Gasteiger partial charge in [0.05, 0.1) is 12.2 Å². The fourth-order valence-corrected chi connectivity index (χ4v) is 1.82. The second-order valence-electron chi connectivity index (χ2n) is 4.10. The van der Waals surface area contributed by atoms with Crippen LogP contribution in [0.2, 0.25) is 0 Å². The third-order valence-electron chi connectivity index (χ3n) is 2.68. The zero-order chi connectivity index (χ0) is 13.1. The maximum atomic E-state index is 11.2. The molecule has 0 atom stereocenters. The summed E-state index contributed by atoms with van der Waals surface area (Å²) in [5.41, 5.74) is 1.74. The Morgan fingerprint density at radius 3 is 3.16 bits per heavy atom. The van der Waals surface area contributed by atoms with Crippen LogP contribution in [0.4, 0.5) is 5.69 Å². The first-order chi connectivity index (χ1) is 9.31. The van der Waals surface area contributed by atoms with Crippen molar-refractivity contribution in [2.75, 3.05) is 11.9 Å². The molecule has 98 valence electrons. The van der Waals surface area contributed by atoms with Crippen molar-refractivity contribution < 1.29 is 9.53 Å². The van der Waals surface area contributed by atoms with Crippen LogP contribution in [0.3, 0.4) is 0 Å². The monoisotopic (exact) mass is 260 g/mol. The van der Waals surface area contributed by atoms with E-state index in [1.807, 2.05) is 18.2 Å². The predicted molar refractivity (Wildman–Crippen MR) is 65.3 cm³/mol. The van der Waals surface area contributed by atoms with Gasteiger partial charge in [-0.3, -0.25) is 4.79 Å². The number of anilines is 1. The molecule has 1 aromatic carbocycles. The van der Waals surface area contributed by atoms with E-state index >= 15 is 0 Å². The van der Waals surface area contributed by atoms with Crippen molar-refractivity contribution in [2.24, 2.45) is 0 Å². The van der Waals surface area contributed by atoms with Crippen molar-refractivity contribution in [3.63, 3.8) is 0 Å². The highest BCUT2D eigenvalue weighted by Gasteiger charge is 2.15. The summed E-state index contributed by atoms with van der Waals surface area (Å²) in [6, 6.07) is 5.68. The second-order valence-corrected chi connectivity index (χ2v) is 4.10. The highest BCUT2D eigenvalue weighted by Crippen LogP contribution is 2.28. The number of carbonyl (C=O) groups excluding carboxylic acids is 1. The van der Waals surface area contributed by atoms with Gasteiger partial charge >= 0.3 is 0 Å². The van der Waals surface area contributed by atoms with E-state index in [9.17, 15) is 4.79 Å². The number of hydrogen-bond acceptors (Lipinski definition) is 6. The Labute approximate surface area is 108 Å². The Hall–Kier alpha value is -2.48. The third-order valence-corrected chi connectivity index (χ3v) is 2.68. The van der Waals surface area contributed by atoms with Crippen molar-refractivity contribution in [3.05, 3.63) is 29.6 Å². The summed E-state index contributed by atoms with van der Waals surface area (Å²) >= 11 is 0. The van der Waals surface area contributed by atoms with Crippen LogP contribution in [0.15, 0.2) is 18.2 Å². The van der Waals surface area contributed by atoms with E-state index in [1.54, 1.807) is 0 Å². The SMILES string of the molecule is O=C1COc2ccc(CNCc3nn[nH]n3)cc2N1. The van der Waals surface area contributed by atoms with E-state index in [1.165, 1.54) is 0 Å². The van der Waals surface area contributed by atoms with Gasteiger partial charge in [-0.2, -0.15) is 5.21 Å². The second kappa shape index (κ2) is 5.02. The van der Waals surface area contributed by atoms with Gasteiger partial charge in [0.25, 0.3) is 5.91 Å². The summed E-state index contributed by atoms with van der Waals surface area (Å²) in [7, 11) is 0. The first kappa shape index (κ1) is 11.6. The molecule has 2 aromatic rings. The minimum atomic E-state index is -0.135. The molecule has 2 heterocycles. The number of amides is 1. The van der Waals surface area contributed by atoms with Gasteiger partial charge < -0.3 is 15.4 Å². The number of tetrazole rings is 1. The van der Waals surface area contributed by atoms with E-state index in [4.69, 9.17) is 4.74 Å². The molecular weight excluding hydrogens is 248 g/mol. The summed E-state index contributed by atoms with van der Waals surface area (Å²) in [6.45, 7) is 1.23. The van der Waals surface area contributed by atoms with E-state index in [-0.39, 0.29) is 12.5 Å². The van der Waals surface area contributed by atoms with Gasteiger partial charge in [-0.25, -0.2) is 0 Å². The highest BCUT2D eigenvalue weighted by molar-refractivity contribution is 5.95. The largest absolute Gasteiger partial charge is 0.482 e. The molecular formula is C11H12N6O2. The molecule has 3 N–H and O–H groups in total. The summed E-state index contributed by atoms with van der Waals surface area (Å²) in [4.78, 5) is 11.2. The van der Waals surface area contributed by atoms with Crippen molar-refractivity contribution in [1.29, 1.82) is 0 Å². The number of ether oxygens (including phenoxy) is 1. The number of fused-ring (bicyclic) bond motifs is 1. The highest BCUT2D eigenvalue weighted by atomic mass is 16.5. The van der Waals surface area contributed by atoms with E-state index in [2.05, 4.69) is 31.3 Å². The van der Waals surface area contributed by atoms with E-state index in [0.29, 0.717) is 30.4 Å². The van der Waals surface area contributed by atoms with Crippen LogP contribution in [0.1, 0.15) is 11.4 Å². The zero-order valence-corrected chi connectivity index (χ0v) is 10.0. The Kier molecular flexibility index (Phi) is 3.07. The minimum absolute atomic E-state index is 0.0719. The fraction of sp³-hybridized carbons (Fsp3) is 0.273. The number of nitrogens with one attached hydrogen (secondary N) is 3. The summed E-state index contributed by atoms with van der Waals surface area (Å²) in [5.74, 6) is 1.17. The predicted octanol–water partition coefficient (Wildman–Crippen LogP) is -0.180. The number of nitrogens with zero attached hydrogens (tertiary/aromatic N) is 3. The van der Waals surface area contributed by atoms with Crippen LogP contribution in [-0.2, 0) is 17.9 Å². The van der Waals surface area contributed by atoms with Crippen molar-refractivity contribution >= 4 is 11.6 Å². The molecule has 0 unspecified atom stereocenters. The fourth-order valence-electron chi connectivity index (χ4n) is 1.82. The van der Waals surface area contributed by atoms with Crippen LogP contribution < -0.4 is 15.4 Å². The van der Waals surface area contributed by atoms with Crippen LogP contribution in [0, 0.1) is 0 Å². The van der Waals surface area contributed by atoms with E-state index < -0.39 is 0 Å². The van der Waals surface area contributed by atoms with Gasteiger partial charge in [-0.15, -0.1) is 10.2 Å². The van der Waals surface area contributed by atoms with Gasteiger partial charge in [0, 0.05) is 6.54 Å². The minimum Gasteiger partial charge on any atom is -0.482 e. The number of aromatic amines is 1. The smallest absolute Gasteiger partial charge is 0.262 e. The Balaban J connectivity index is 1.62. The van der Waals surface area contributed by atoms with Gasteiger partial charge in [-0.1, -0.05) is 11.3 Å². The molecule has 1 aliphatic heterocycles. The van der Waals surface area contributed by atoms with Crippen LogP contribution in [0.25, 0.3) is 0 Å². The maximum absolute atomic E-state index is 11.2. The molecule has 0 saturated carbocycles. The zero-order valence-electron chi connectivity index (χ0n) is 10.0. The number of hydrogen-bond donors (Lipinski definition) is 3. The number of aromatic nitrogens is 4. The van der Waals surface area contributed by atoms with Gasteiger partial charge in [0.2, 0.25) is 0 Å². The molecule has 0 spiro atoms.